The van der Waals surface area contributed by atoms with Gasteiger partial charge in [0, 0.05) is 31.0 Å². The van der Waals surface area contributed by atoms with Gasteiger partial charge in [-0.05, 0) is 5.39 Å². The number of aryl methyl sites for hydroxylation is 1. The Balaban J connectivity index is 1.88. The highest BCUT2D eigenvalue weighted by Crippen LogP contribution is 2.24. The second kappa shape index (κ2) is 5.54. The number of aromatic nitrogens is 3. The summed E-state index contributed by atoms with van der Waals surface area (Å²) >= 11 is 6.06. The molecule has 6 heteroatoms. The lowest BCUT2D eigenvalue weighted by Crippen LogP contribution is -2.24. The molecule has 21 heavy (non-hydrogen) atoms. The first kappa shape index (κ1) is 13.6. The molecular weight excluding hydrogens is 288 g/mol. The third kappa shape index (κ3) is 2.60. The summed E-state index contributed by atoms with van der Waals surface area (Å²) in [6.07, 6.45) is 5.03. The molecule has 3 rings (SSSR count). The van der Waals surface area contributed by atoms with Crippen LogP contribution in [0, 0.1) is 0 Å². The van der Waals surface area contributed by atoms with E-state index in [1.165, 1.54) is 6.20 Å². The summed E-state index contributed by atoms with van der Waals surface area (Å²) in [4.78, 5) is 20.6. The number of fused-ring (bicyclic) bond motifs is 1. The molecule has 0 radical (unpaired) electrons. The summed E-state index contributed by atoms with van der Waals surface area (Å²) in [5.74, 6) is 0.591. The fourth-order valence-electron chi connectivity index (χ4n) is 2.16. The first-order valence-corrected chi connectivity index (χ1v) is 6.82. The second-order valence-corrected chi connectivity index (χ2v) is 5.00. The molecule has 2 heterocycles. The Bertz CT molecular complexity index is 812. The lowest BCUT2D eigenvalue weighted by atomic mass is 10.1. The van der Waals surface area contributed by atoms with Crippen LogP contribution in [-0.2, 0) is 13.6 Å². The standard InChI is InChI=1S/C15H13ClN4O/c1-20-7-6-17-13(20)9-19-15(21)12-8-18-14(16)11-5-3-2-4-10(11)12/h2-8H,9H2,1H3,(H,19,21). The quantitative estimate of drug-likeness (QED) is 0.756. The normalized spacial score (nSPS) is 10.8. The van der Waals surface area contributed by atoms with Crippen molar-refractivity contribution in [3.05, 3.63) is 59.4 Å². The summed E-state index contributed by atoms with van der Waals surface area (Å²) in [5, 5.41) is 4.80. The number of carbonyl (C=O) groups is 1. The van der Waals surface area contributed by atoms with Gasteiger partial charge in [0.2, 0.25) is 0 Å². The van der Waals surface area contributed by atoms with E-state index >= 15 is 0 Å². The number of benzene rings is 1. The topological polar surface area (TPSA) is 59.8 Å². The lowest BCUT2D eigenvalue weighted by molar-refractivity contribution is 0.0951. The summed E-state index contributed by atoms with van der Waals surface area (Å²) in [7, 11) is 1.88. The molecular formula is C15H13ClN4O. The van der Waals surface area contributed by atoms with E-state index in [1.807, 2.05) is 42.1 Å². The van der Waals surface area contributed by atoms with Crippen LogP contribution in [-0.4, -0.2) is 20.4 Å². The second-order valence-electron chi connectivity index (χ2n) is 4.65. The Morgan fingerprint density at radius 3 is 2.76 bits per heavy atom. The number of amides is 1. The van der Waals surface area contributed by atoms with Crippen molar-refractivity contribution in [3.63, 3.8) is 0 Å². The van der Waals surface area contributed by atoms with Gasteiger partial charge in [-0.25, -0.2) is 9.97 Å². The minimum Gasteiger partial charge on any atom is -0.345 e. The molecule has 3 aromatic rings. The lowest BCUT2D eigenvalue weighted by Gasteiger charge is -2.08. The summed E-state index contributed by atoms with van der Waals surface area (Å²) in [5.41, 5.74) is 0.504. The minimum atomic E-state index is -0.196. The number of hydrogen-bond acceptors (Lipinski definition) is 3. The van der Waals surface area contributed by atoms with Crippen LogP contribution in [0.4, 0.5) is 0 Å². The molecule has 0 spiro atoms. The zero-order chi connectivity index (χ0) is 14.8. The number of pyridine rings is 1. The Labute approximate surface area is 126 Å². The third-order valence-electron chi connectivity index (χ3n) is 3.32. The third-order valence-corrected chi connectivity index (χ3v) is 3.62. The minimum absolute atomic E-state index is 0.196. The van der Waals surface area contributed by atoms with Gasteiger partial charge in [-0.2, -0.15) is 0 Å². The molecule has 0 saturated carbocycles. The van der Waals surface area contributed by atoms with Crippen LogP contribution in [0.25, 0.3) is 10.8 Å². The molecule has 1 aromatic carbocycles. The van der Waals surface area contributed by atoms with Gasteiger partial charge in [0.15, 0.2) is 0 Å². The van der Waals surface area contributed by atoms with Crippen molar-refractivity contribution in [1.82, 2.24) is 19.9 Å². The van der Waals surface area contributed by atoms with Gasteiger partial charge in [-0.1, -0.05) is 35.9 Å². The fraction of sp³-hybridized carbons (Fsp3) is 0.133. The predicted octanol–water partition coefficient (Wildman–Crippen LogP) is 2.55. The molecule has 0 saturated heterocycles. The highest BCUT2D eigenvalue weighted by atomic mass is 35.5. The smallest absolute Gasteiger partial charge is 0.253 e. The SMILES string of the molecule is Cn1ccnc1CNC(=O)c1cnc(Cl)c2ccccc12. The number of nitrogens with zero attached hydrogens (tertiary/aromatic N) is 3. The van der Waals surface area contributed by atoms with Crippen molar-refractivity contribution < 1.29 is 4.79 Å². The number of halogens is 1. The molecule has 2 aromatic heterocycles. The monoisotopic (exact) mass is 300 g/mol. The van der Waals surface area contributed by atoms with Crippen molar-refractivity contribution >= 4 is 28.3 Å². The Hall–Kier alpha value is -2.40. The van der Waals surface area contributed by atoms with E-state index in [-0.39, 0.29) is 5.91 Å². The van der Waals surface area contributed by atoms with E-state index in [2.05, 4.69) is 15.3 Å². The van der Waals surface area contributed by atoms with Crippen molar-refractivity contribution in [3.8, 4) is 0 Å². The molecule has 0 aliphatic rings. The first-order chi connectivity index (χ1) is 10.2. The molecule has 0 aliphatic heterocycles. The van der Waals surface area contributed by atoms with E-state index < -0.39 is 0 Å². The van der Waals surface area contributed by atoms with E-state index in [0.717, 1.165) is 16.6 Å². The molecule has 0 atom stereocenters. The van der Waals surface area contributed by atoms with Crippen LogP contribution in [0.2, 0.25) is 5.15 Å². The molecule has 1 N–H and O–H groups in total. The van der Waals surface area contributed by atoms with Crippen molar-refractivity contribution in [2.45, 2.75) is 6.54 Å². The number of hydrogen-bond donors (Lipinski definition) is 1. The first-order valence-electron chi connectivity index (χ1n) is 6.44. The maximum atomic E-state index is 12.3. The fourth-order valence-corrected chi connectivity index (χ4v) is 2.37. The number of imidazole rings is 1. The van der Waals surface area contributed by atoms with E-state index in [9.17, 15) is 4.79 Å². The maximum Gasteiger partial charge on any atom is 0.253 e. The van der Waals surface area contributed by atoms with Crippen LogP contribution in [0.1, 0.15) is 16.2 Å². The zero-order valence-electron chi connectivity index (χ0n) is 11.4. The molecule has 0 fully saturated rings. The predicted molar refractivity (Wildman–Crippen MR) is 81.1 cm³/mol. The van der Waals surface area contributed by atoms with Crippen molar-refractivity contribution in [2.75, 3.05) is 0 Å². The average molecular weight is 301 g/mol. The van der Waals surface area contributed by atoms with Gasteiger partial charge in [-0.15, -0.1) is 0 Å². The van der Waals surface area contributed by atoms with Crippen molar-refractivity contribution in [1.29, 1.82) is 0 Å². The van der Waals surface area contributed by atoms with Crippen LogP contribution in [0.5, 0.6) is 0 Å². The van der Waals surface area contributed by atoms with Crippen LogP contribution in [0.15, 0.2) is 42.9 Å². The maximum absolute atomic E-state index is 12.3. The van der Waals surface area contributed by atoms with E-state index in [1.54, 1.807) is 6.20 Å². The van der Waals surface area contributed by atoms with Crippen LogP contribution in [0.3, 0.4) is 0 Å². The highest BCUT2D eigenvalue weighted by Gasteiger charge is 2.13. The van der Waals surface area contributed by atoms with Crippen LogP contribution >= 0.6 is 11.6 Å². The van der Waals surface area contributed by atoms with E-state index in [4.69, 9.17) is 11.6 Å². The molecule has 0 unspecified atom stereocenters. The Kier molecular flexibility index (Phi) is 3.58. The van der Waals surface area contributed by atoms with Gasteiger partial charge in [0.25, 0.3) is 5.91 Å². The summed E-state index contributed by atoms with van der Waals surface area (Å²) < 4.78 is 1.86. The molecule has 1 amide bonds. The molecule has 5 nitrogen and oxygen atoms in total. The molecule has 0 bridgehead atoms. The van der Waals surface area contributed by atoms with Gasteiger partial charge in [0.1, 0.15) is 11.0 Å². The average Bonchev–Trinajstić information content (AvgIpc) is 2.91. The number of nitrogens with one attached hydrogen (secondary N) is 1. The Morgan fingerprint density at radius 2 is 2.05 bits per heavy atom. The van der Waals surface area contributed by atoms with E-state index in [0.29, 0.717) is 17.3 Å². The van der Waals surface area contributed by atoms with Crippen molar-refractivity contribution in [2.24, 2.45) is 7.05 Å². The summed E-state index contributed by atoms with van der Waals surface area (Å²) in [6, 6.07) is 7.44. The van der Waals surface area contributed by atoms with Gasteiger partial charge in [0.05, 0.1) is 12.1 Å². The highest BCUT2D eigenvalue weighted by molar-refractivity contribution is 6.34. The van der Waals surface area contributed by atoms with Gasteiger partial charge in [-0.3, -0.25) is 4.79 Å². The van der Waals surface area contributed by atoms with Gasteiger partial charge >= 0.3 is 0 Å². The summed E-state index contributed by atoms with van der Waals surface area (Å²) in [6.45, 7) is 0.360. The zero-order valence-corrected chi connectivity index (χ0v) is 12.1. The number of carbonyl (C=O) groups excluding carboxylic acids is 1. The van der Waals surface area contributed by atoms with Gasteiger partial charge < -0.3 is 9.88 Å². The molecule has 106 valence electrons. The Morgan fingerprint density at radius 1 is 1.29 bits per heavy atom. The largest absolute Gasteiger partial charge is 0.345 e. The number of rotatable bonds is 3. The van der Waals surface area contributed by atoms with Crippen LogP contribution < -0.4 is 5.32 Å². The molecule has 0 aliphatic carbocycles.